The summed E-state index contributed by atoms with van der Waals surface area (Å²) >= 11 is 0. The van der Waals surface area contributed by atoms with Crippen LogP contribution < -0.4 is 5.32 Å². The van der Waals surface area contributed by atoms with Crippen molar-refractivity contribution in [1.29, 1.82) is 0 Å². The SMILES string of the molecule is C=CCNC(=O)/C=C(\C)CC/C=C(\C)CCC=C(C)C. The number of carbonyl (C=O) groups is 1. The highest BCUT2D eigenvalue weighted by molar-refractivity contribution is 5.88. The summed E-state index contributed by atoms with van der Waals surface area (Å²) in [4.78, 5) is 11.5. The molecule has 0 spiro atoms. The molecule has 0 aliphatic carbocycles. The molecule has 0 aromatic rings. The first kappa shape index (κ1) is 18.4. The van der Waals surface area contributed by atoms with Crippen molar-refractivity contribution in [3.8, 4) is 0 Å². The van der Waals surface area contributed by atoms with E-state index in [0.29, 0.717) is 6.54 Å². The fourth-order valence-electron chi connectivity index (χ4n) is 1.76. The highest BCUT2D eigenvalue weighted by Crippen LogP contribution is 2.11. The van der Waals surface area contributed by atoms with Crippen molar-refractivity contribution in [2.75, 3.05) is 6.54 Å². The second-order valence-corrected chi connectivity index (χ2v) is 5.43. The first-order valence-electron chi connectivity index (χ1n) is 7.30. The van der Waals surface area contributed by atoms with Crippen LogP contribution in [0, 0.1) is 0 Å². The third-order valence-corrected chi connectivity index (χ3v) is 2.92. The molecule has 1 N–H and O–H groups in total. The number of hydrogen-bond acceptors (Lipinski definition) is 1. The van der Waals surface area contributed by atoms with E-state index < -0.39 is 0 Å². The lowest BCUT2D eigenvalue weighted by Gasteiger charge is -2.02. The highest BCUT2D eigenvalue weighted by Gasteiger charge is 1.96. The molecule has 0 heterocycles. The predicted molar refractivity (Wildman–Crippen MR) is 88.6 cm³/mol. The van der Waals surface area contributed by atoms with E-state index in [4.69, 9.17) is 0 Å². The Morgan fingerprint density at radius 2 is 1.60 bits per heavy atom. The zero-order valence-corrected chi connectivity index (χ0v) is 13.5. The molecule has 0 aromatic carbocycles. The average Bonchev–Trinajstić information content (AvgIpc) is 2.35. The molecule has 2 heteroatoms. The van der Waals surface area contributed by atoms with Gasteiger partial charge >= 0.3 is 0 Å². The summed E-state index contributed by atoms with van der Waals surface area (Å²) in [7, 11) is 0. The van der Waals surface area contributed by atoms with Crippen LogP contribution in [0.3, 0.4) is 0 Å². The molecule has 0 radical (unpaired) electrons. The Balaban J connectivity index is 4.02. The summed E-state index contributed by atoms with van der Waals surface area (Å²) in [5.74, 6) is -0.0355. The molecule has 0 aliphatic heterocycles. The minimum atomic E-state index is -0.0355. The van der Waals surface area contributed by atoms with Gasteiger partial charge in [0.25, 0.3) is 0 Å². The normalized spacial score (nSPS) is 12.0. The minimum Gasteiger partial charge on any atom is -0.349 e. The molecule has 2 nitrogen and oxygen atoms in total. The molecular formula is C18H29NO. The maximum absolute atomic E-state index is 11.5. The first-order valence-corrected chi connectivity index (χ1v) is 7.30. The Morgan fingerprint density at radius 3 is 2.20 bits per heavy atom. The van der Waals surface area contributed by atoms with Crippen LogP contribution in [0.15, 0.2) is 47.6 Å². The summed E-state index contributed by atoms with van der Waals surface area (Å²) < 4.78 is 0. The third kappa shape index (κ3) is 11.5. The summed E-state index contributed by atoms with van der Waals surface area (Å²) in [5, 5.41) is 2.75. The standard InChI is InChI=1S/C18H29NO/c1-6-13-19-18(20)14-17(5)12-8-11-16(4)10-7-9-15(2)3/h6,9,11,14H,1,7-8,10,12-13H2,2-5H3,(H,19,20)/b16-11+,17-14+. The van der Waals surface area contributed by atoms with E-state index in [0.717, 1.165) is 31.3 Å². The minimum absolute atomic E-state index is 0.0355. The summed E-state index contributed by atoms with van der Waals surface area (Å²) in [6.45, 7) is 12.5. The largest absolute Gasteiger partial charge is 0.349 e. The van der Waals surface area contributed by atoms with E-state index in [2.05, 4.69) is 44.8 Å². The Hall–Kier alpha value is -1.57. The van der Waals surface area contributed by atoms with Crippen molar-refractivity contribution in [3.05, 3.63) is 47.6 Å². The molecule has 0 saturated carbocycles. The van der Waals surface area contributed by atoms with E-state index >= 15 is 0 Å². The Labute approximate surface area is 124 Å². The predicted octanol–water partition coefficient (Wildman–Crippen LogP) is 4.71. The van der Waals surface area contributed by atoms with Gasteiger partial charge in [-0.15, -0.1) is 6.58 Å². The lowest BCUT2D eigenvalue weighted by molar-refractivity contribution is -0.116. The summed E-state index contributed by atoms with van der Waals surface area (Å²) in [5.41, 5.74) is 3.91. The number of allylic oxidation sites excluding steroid dienone is 5. The monoisotopic (exact) mass is 275 g/mol. The molecule has 0 bridgehead atoms. The molecule has 1 amide bonds. The van der Waals surface area contributed by atoms with Crippen LogP contribution in [0.1, 0.15) is 53.4 Å². The van der Waals surface area contributed by atoms with Gasteiger partial charge in [-0.1, -0.05) is 34.9 Å². The van der Waals surface area contributed by atoms with Crippen molar-refractivity contribution in [1.82, 2.24) is 5.32 Å². The highest BCUT2D eigenvalue weighted by atomic mass is 16.1. The van der Waals surface area contributed by atoms with E-state index in [1.807, 2.05) is 6.92 Å². The molecule has 112 valence electrons. The summed E-state index contributed by atoms with van der Waals surface area (Å²) in [6.07, 6.45) is 12.1. The van der Waals surface area contributed by atoms with Crippen LogP contribution in [-0.4, -0.2) is 12.5 Å². The molecule has 0 unspecified atom stereocenters. The van der Waals surface area contributed by atoms with Crippen molar-refractivity contribution in [3.63, 3.8) is 0 Å². The molecule has 0 saturated heterocycles. The first-order chi connectivity index (χ1) is 9.45. The number of amides is 1. The Morgan fingerprint density at radius 1 is 1.00 bits per heavy atom. The Kier molecular flexibility index (Phi) is 10.4. The van der Waals surface area contributed by atoms with E-state index in [9.17, 15) is 4.79 Å². The zero-order chi connectivity index (χ0) is 15.4. The second-order valence-electron chi connectivity index (χ2n) is 5.43. The zero-order valence-electron chi connectivity index (χ0n) is 13.5. The lowest BCUT2D eigenvalue weighted by atomic mass is 10.1. The van der Waals surface area contributed by atoms with E-state index in [1.54, 1.807) is 12.2 Å². The smallest absolute Gasteiger partial charge is 0.244 e. The maximum Gasteiger partial charge on any atom is 0.244 e. The topological polar surface area (TPSA) is 29.1 Å². The number of hydrogen-bond donors (Lipinski definition) is 1. The molecule has 0 fully saturated rings. The van der Waals surface area contributed by atoms with Crippen molar-refractivity contribution in [2.45, 2.75) is 53.4 Å². The van der Waals surface area contributed by atoms with Gasteiger partial charge in [-0.05, 0) is 53.4 Å². The molecule has 20 heavy (non-hydrogen) atoms. The fraction of sp³-hybridized carbons (Fsp3) is 0.500. The molecular weight excluding hydrogens is 246 g/mol. The van der Waals surface area contributed by atoms with E-state index in [-0.39, 0.29) is 5.91 Å². The van der Waals surface area contributed by atoms with Crippen LogP contribution in [0.4, 0.5) is 0 Å². The maximum atomic E-state index is 11.5. The second kappa shape index (κ2) is 11.3. The number of carbonyl (C=O) groups excluding carboxylic acids is 1. The van der Waals surface area contributed by atoms with Gasteiger partial charge in [-0.25, -0.2) is 0 Å². The van der Waals surface area contributed by atoms with E-state index in [1.165, 1.54) is 11.1 Å². The van der Waals surface area contributed by atoms with Gasteiger partial charge in [-0.3, -0.25) is 4.79 Å². The van der Waals surface area contributed by atoms with Crippen molar-refractivity contribution in [2.24, 2.45) is 0 Å². The fourth-order valence-corrected chi connectivity index (χ4v) is 1.76. The molecule has 0 rings (SSSR count). The molecule has 0 aliphatic rings. The van der Waals surface area contributed by atoms with Crippen LogP contribution in [0.25, 0.3) is 0 Å². The molecule has 0 atom stereocenters. The summed E-state index contributed by atoms with van der Waals surface area (Å²) in [6, 6.07) is 0. The quantitative estimate of drug-likeness (QED) is 0.479. The number of rotatable bonds is 9. The van der Waals surface area contributed by atoms with Crippen LogP contribution in [0.5, 0.6) is 0 Å². The van der Waals surface area contributed by atoms with Crippen molar-refractivity contribution < 1.29 is 4.79 Å². The molecule has 0 aromatic heterocycles. The third-order valence-electron chi connectivity index (χ3n) is 2.92. The van der Waals surface area contributed by atoms with Gasteiger partial charge in [0.05, 0.1) is 0 Å². The van der Waals surface area contributed by atoms with Crippen LogP contribution in [-0.2, 0) is 4.79 Å². The van der Waals surface area contributed by atoms with Gasteiger partial charge in [0.15, 0.2) is 0 Å². The van der Waals surface area contributed by atoms with Crippen LogP contribution >= 0.6 is 0 Å². The van der Waals surface area contributed by atoms with Gasteiger partial charge in [-0.2, -0.15) is 0 Å². The number of nitrogens with one attached hydrogen (secondary N) is 1. The average molecular weight is 275 g/mol. The van der Waals surface area contributed by atoms with Crippen molar-refractivity contribution >= 4 is 5.91 Å². The van der Waals surface area contributed by atoms with Gasteiger partial charge < -0.3 is 5.32 Å². The Bertz CT molecular complexity index is 396. The van der Waals surface area contributed by atoms with Gasteiger partial charge in [0.2, 0.25) is 5.91 Å². The van der Waals surface area contributed by atoms with Gasteiger partial charge in [0, 0.05) is 12.6 Å². The van der Waals surface area contributed by atoms with Crippen LogP contribution in [0.2, 0.25) is 0 Å². The van der Waals surface area contributed by atoms with Gasteiger partial charge in [0.1, 0.15) is 0 Å². The lowest BCUT2D eigenvalue weighted by Crippen LogP contribution is -2.20.